The van der Waals surface area contributed by atoms with Crippen molar-refractivity contribution in [1.29, 1.82) is 0 Å². The second kappa shape index (κ2) is 9.90. The minimum atomic E-state index is -0.302. The molecule has 0 unspecified atom stereocenters. The third kappa shape index (κ3) is 5.56. The molecule has 3 aromatic rings. The lowest BCUT2D eigenvalue weighted by Crippen LogP contribution is -2.24. The molecular weight excluding hydrogens is 364 g/mol. The van der Waals surface area contributed by atoms with Crippen molar-refractivity contribution < 1.29 is 14.3 Å². The van der Waals surface area contributed by atoms with Gasteiger partial charge < -0.3 is 15.4 Å². The standard InChI is InChI=1S/C24H22N2O3/c1-2-16-29-20-14-12-19(13-15-20)23(27)26-22-11-7-6-10-21(22)24(28)25-17-18-8-4-3-5-9-18/h2-15H,1,16-17H2,(H,25,28)(H,26,27). The Morgan fingerprint density at radius 3 is 2.28 bits per heavy atom. The summed E-state index contributed by atoms with van der Waals surface area (Å²) in [6.07, 6.45) is 1.65. The van der Waals surface area contributed by atoms with Crippen molar-refractivity contribution in [3.05, 3.63) is 108 Å². The van der Waals surface area contributed by atoms with Gasteiger partial charge in [-0.15, -0.1) is 0 Å². The van der Waals surface area contributed by atoms with E-state index in [2.05, 4.69) is 17.2 Å². The van der Waals surface area contributed by atoms with E-state index in [9.17, 15) is 9.59 Å². The van der Waals surface area contributed by atoms with Gasteiger partial charge in [-0.05, 0) is 42.0 Å². The van der Waals surface area contributed by atoms with Crippen LogP contribution in [0.4, 0.5) is 5.69 Å². The highest BCUT2D eigenvalue weighted by molar-refractivity contribution is 6.09. The Bertz CT molecular complexity index is 983. The first kappa shape index (κ1) is 19.9. The molecule has 0 saturated heterocycles. The van der Waals surface area contributed by atoms with E-state index < -0.39 is 0 Å². The van der Waals surface area contributed by atoms with Gasteiger partial charge in [-0.2, -0.15) is 0 Å². The van der Waals surface area contributed by atoms with Crippen molar-refractivity contribution in [3.8, 4) is 5.75 Å². The fraction of sp³-hybridized carbons (Fsp3) is 0.0833. The number of hydrogen-bond acceptors (Lipinski definition) is 3. The van der Waals surface area contributed by atoms with Crippen molar-refractivity contribution >= 4 is 17.5 Å². The molecule has 5 heteroatoms. The van der Waals surface area contributed by atoms with Crippen molar-refractivity contribution in [1.82, 2.24) is 5.32 Å². The molecule has 2 amide bonds. The predicted molar refractivity (Wildman–Crippen MR) is 114 cm³/mol. The Kier molecular flexibility index (Phi) is 6.79. The minimum absolute atomic E-state index is 0.252. The number of amides is 2. The number of para-hydroxylation sites is 1. The van der Waals surface area contributed by atoms with E-state index >= 15 is 0 Å². The fourth-order valence-corrected chi connectivity index (χ4v) is 2.72. The van der Waals surface area contributed by atoms with Gasteiger partial charge in [0.25, 0.3) is 11.8 Å². The van der Waals surface area contributed by atoms with Crippen LogP contribution in [0.25, 0.3) is 0 Å². The van der Waals surface area contributed by atoms with E-state index in [0.29, 0.717) is 35.7 Å². The van der Waals surface area contributed by atoms with Gasteiger partial charge in [0.1, 0.15) is 12.4 Å². The molecule has 29 heavy (non-hydrogen) atoms. The highest BCUT2D eigenvalue weighted by Crippen LogP contribution is 2.18. The van der Waals surface area contributed by atoms with Crippen LogP contribution in [0.5, 0.6) is 5.75 Å². The third-order valence-corrected chi connectivity index (χ3v) is 4.20. The van der Waals surface area contributed by atoms with Crippen LogP contribution >= 0.6 is 0 Å². The summed E-state index contributed by atoms with van der Waals surface area (Å²) in [5.41, 5.74) is 2.33. The van der Waals surface area contributed by atoms with E-state index in [0.717, 1.165) is 5.56 Å². The summed E-state index contributed by atoms with van der Waals surface area (Å²) in [5.74, 6) is 0.101. The summed E-state index contributed by atoms with van der Waals surface area (Å²) in [6.45, 7) is 4.41. The molecule has 146 valence electrons. The summed E-state index contributed by atoms with van der Waals surface area (Å²) in [7, 11) is 0. The van der Waals surface area contributed by atoms with E-state index in [1.807, 2.05) is 30.3 Å². The maximum absolute atomic E-state index is 12.6. The zero-order valence-corrected chi connectivity index (χ0v) is 15.9. The first-order valence-electron chi connectivity index (χ1n) is 9.23. The lowest BCUT2D eigenvalue weighted by atomic mass is 10.1. The maximum Gasteiger partial charge on any atom is 0.255 e. The molecule has 2 N–H and O–H groups in total. The summed E-state index contributed by atoms with van der Waals surface area (Å²) in [6, 6.07) is 23.4. The normalized spacial score (nSPS) is 10.1. The molecule has 0 atom stereocenters. The number of hydrogen-bond donors (Lipinski definition) is 2. The largest absolute Gasteiger partial charge is 0.490 e. The molecule has 3 rings (SSSR count). The van der Waals surface area contributed by atoms with Gasteiger partial charge in [-0.1, -0.05) is 55.1 Å². The van der Waals surface area contributed by atoms with E-state index in [-0.39, 0.29) is 11.8 Å². The molecule has 0 aliphatic rings. The van der Waals surface area contributed by atoms with Crippen LogP contribution in [-0.4, -0.2) is 18.4 Å². The summed E-state index contributed by atoms with van der Waals surface area (Å²) >= 11 is 0. The van der Waals surface area contributed by atoms with Gasteiger partial charge in [-0.3, -0.25) is 9.59 Å². The number of carbonyl (C=O) groups is 2. The molecule has 0 aliphatic carbocycles. The number of nitrogens with one attached hydrogen (secondary N) is 2. The molecule has 3 aromatic carbocycles. The first-order valence-corrected chi connectivity index (χ1v) is 9.23. The molecule has 5 nitrogen and oxygen atoms in total. The average Bonchev–Trinajstić information content (AvgIpc) is 2.77. The molecule has 0 aliphatic heterocycles. The second-order valence-corrected chi connectivity index (χ2v) is 6.29. The first-order chi connectivity index (χ1) is 14.2. The molecule has 0 radical (unpaired) electrons. The highest BCUT2D eigenvalue weighted by Gasteiger charge is 2.14. The average molecular weight is 386 g/mol. The van der Waals surface area contributed by atoms with Crippen LogP contribution in [0.1, 0.15) is 26.3 Å². The number of rotatable bonds is 8. The number of carbonyl (C=O) groups excluding carboxylic acids is 2. The summed E-state index contributed by atoms with van der Waals surface area (Å²) < 4.78 is 5.42. The van der Waals surface area contributed by atoms with Gasteiger partial charge >= 0.3 is 0 Å². The molecule has 0 aromatic heterocycles. The Hall–Kier alpha value is -3.86. The molecule has 0 heterocycles. The topological polar surface area (TPSA) is 67.4 Å². The zero-order chi connectivity index (χ0) is 20.5. The zero-order valence-electron chi connectivity index (χ0n) is 15.9. The Morgan fingerprint density at radius 1 is 0.862 bits per heavy atom. The molecule has 0 saturated carbocycles. The van der Waals surface area contributed by atoms with Gasteiger partial charge in [0, 0.05) is 12.1 Å². The summed E-state index contributed by atoms with van der Waals surface area (Å²) in [4.78, 5) is 25.2. The van der Waals surface area contributed by atoms with Crippen LogP contribution in [0.2, 0.25) is 0 Å². The SMILES string of the molecule is C=CCOc1ccc(C(=O)Nc2ccccc2C(=O)NCc2ccccc2)cc1. The third-order valence-electron chi connectivity index (χ3n) is 4.20. The monoisotopic (exact) mass is 386 g/mol. The van der Waals surface area contributed by atoms with Crippen LogP contribution in [-0.2, 0) is 6.54 Å². The predicted octanol–water partition coefficient (Wildman–Crippen LogP) is 4.43. The van der Waals surface area contributed by atoms with Crippen LogP contribution in [0, 0.1) is 0 Å². The molecular formula is C24H22N2O3. The Morgan fingerprint density at radius 2 is 1.55 bits per heavy atom. The minimum Gasteiger partial charge on any atom is -0.490 e. The van der Waals surface area contributed by atoms with Crippen LogP contribution < -0.4 is 15.4 Å². The van der Waals surface area contributed by atoms with Crippen LogP contribution in [0.3, 0.4) is 0 Å². The molecule has 0 bridgehead atoms. The Labute approximate surface area is 170 Å². The van der Waals surface area contributed by atoms with Crippen molar-refractivity contribution in [3.63, 3.8) is 0 Å². The van der Waals surface area contributed by atoms with Crippen LogP contribution in [0.15, 0.2) is 91.5 Å². The number of benzene rings is 3. The van der Waals surface area contributed by atoms with Gasteiger partial charge in [0.05, 0.1) is 11.3 Å². The van der Waals surface area contributed by atoms with E-state index in [4.69, 9.17) is 4.74 Å². The van der Waals surface area contributed by atoms with Gasteiger partial charge in [0.15, 0.2) is 0 Å². The summed E-state index contributed by atoms with van der Waals surface area (Å²) in [5, 5.41) is 5.69. The Balaban J connectivity index is 1.67. The maximum atomic E-state index is 12.6. The van der Waals surface area contributed by atoms with E-state index in [1.165, 1.54) is 0 Å². The number of anilines is 1. The van der Waals surface area contributed by atoms with Gasteiger partial charge in [-0.25, -0.2) is 0 Å². The second-order valence-electron chi connectivity index (χ2n) is 6.29. The van der Waals surface area contributed by atoms with Crippen molar-refractivity contribution in [2.75, 3.05) is 11.9 Å². The molecule has 0 fully saturated rings. The lowest BCUT2D eigenvalue weighted by molar-refractivity contribution is 0.0952. The number of ether oxygens (including phenoxy) is 1. The quantitative estimate of drug-likeness (QED) is 0.563. The van der Waals surface area contributed by atoms with Gasteiger partial charge in [0.2, 0.25) is 0 Å². The van der Waals surface area contributed by atoms with E-state index in [1.54, 1.807) is 54.6 Å². The lowest BCUT2D eigenvalue weighted by Gasteiger charge is -2.12. The molecule has 0 spiro atoms. The fourth-order valence-electron chi connectivity index (χ4n) is 2.72. The van der Waals surface area contributed by atoms with Crippen molar-refractivity contribution in [2.24, 2.45) is 0 Å². The highest BCUT2D eigenvalue weighted by atomic mass is 16.5. The smallest absolute Gasteiger partial charge is 0.255 e. The van der Waals surface area contributed by atoms with Crippen molar-refractivity contribution in [2.45, 2.75) is 6.54 Å².